The van der Waals surface area contributed by atoms with Gasteiger partial charge in [0, 0.05) is 0 Å². The van der Waals surface area contributed by atoms with E-state index in [1.807, 2.05) is 11.8 Å². The van der Waals surface area contributed by atoms with E-state index in [0.717, 1.165) is 18.9 Å². The molecule has 0 saturated heterocycles. The van der Waals surface area contributed by atoms with Crippen LogP contribution < -0.4 is 5.32 Å². The van der Waals surface area contributed by atoms with Gasteiger partial charge < -0.3 is 5.32 Å². The molecule has 0 fully saturated rings. The summed E-state index contributed by atoms with van der Waals surface area (Å²) >= 11 is 1.98. The van der Waals surface area contributed by atoms with Crippen LogP contribution in [-0.4, -0.2) is 33.2 Å². The number of aromatic nitrogens is 3. The van der Waals surface area contributed by atoms with Gasteiger partial charge >= 0.3 is 0 Å². The lowest BCUT2D eigenvalue weighted by molar-refractivity contribution is 0.655. The van der Waals surface area contributed by atoms with Gasteiger partial charge in [-0.1, -0.05) is 6.92 Å². The van der Waals surface area contributed by atoms with Crippen LogP contribution >= 0.6 is 11.8 Å². The second kappa shape index (κ2) is 6.91. The first-order valence-corrected chi connectivity index (χ1v) is 5.71. The molecule has 0 unspecified atom stereocenters. The van der Waals surface area contributed by atoms with Gasteiger partial charge in [-0.15, -0.1) is 0 Å². The van der Waals surface area contributed by atoms with Crippen molar-refractivity contribution in [2.75, 3.05) is 18.1 Å². The van der Waals surface area contributed by atoms with E-state index in [0.29, 0.717) is 0 Å². The fraction of sp³-hybridized carbons (Fsp3) is 0.750. The Balaban J connectivity index is 1.90. The first-order chi connectivity index (χ1) is 6.43. The molecule has 0 bridgehead atoms. The molecule has 1 heterocycles. The van der Waals surface area contributed by atoms with Gasteiger partial charge in [-0.2, -0.15) is 16.9 Å². The molecule has 1 aromatic rings. The molecular weight excluding hydrogens is 184 g/mol. The number of rotatable bonds is 7. The molecular formula is C8H16N4S. The number of hydrogen-bond acceptors (Lipinski definition) is 4. The fourth-order valence-electron chi connectivity index (χ4n) is 0.966. The summed E-state index contributed by atoms with van der Waals surface area (Å²) in [7, 11) is 0. The zero-order valence-electron chi connectivity index (χ0n) is 7.92. The first kappa shape index (κ1) is 10.5. The Hall–Kier alpha value is -0.550. The molecule has 0 aromatic carbocycles. The molecule has 0 atom stereocenters. The van der Waals surface area contributed by atoms with Crippen molar-refractivity contribution in [1.82, 2.24) is 20.5 Å². The van der Waals surface area contributed by atoms with Gasteiger partial charge in [0.25, 0.3) is 0 Å². The Morgan fingerprint density at radius 2 is 2.54 bits per heavy atom. The second-order valence-corrected chi connectivity index (χ2v) is 4.05. The summed E-state index contributed by atoms with van der Waals surface area (Å²) in [6, 6.07) is 0. The third-order valence-corrected chi connectivity index (χ3v) is 2.59. The van der Waals surface area contributed by atoms with Gasteiger partial charge in [0.05, 0.1) is 6.54 Å². The molecule has 2 N–H and O–H groups in total. The highest BCUT2D eigenvalue weighted by Gasteiger charge is 1.93. The lowest BCUT2D eigenvalue weighted by atomic mass is 10.4. The molecule has 0 aliphatic heterocycles. The summed E-state index contributed by atoms with van der Waals surface area (Å²) in [6.07, 6.45) is 2.75. The normalized spacial score (nSPS) is 10.5. The van der Waals surface area contributed by atoms with E-state index in [1.54, 1.807) is 0 Å². The maximum absolute atomic E-state index is 4.02. The summed E-state index contributed by atoms with van der Waals surface area (Å²) in [5, 5.41) is 9.88. The molecule has 0 spiro atoms. The number of hydrogen-bond donors (Lipinski definition) is 2. The molecule has 13 heavy (non-hydrogen) atoms. The van der Waals surface area contributed by atoms with Crippen molar-refractivity contribution >= 4 is 11.8 Å². The van der Waals surface area contributed by atoms with Gasteiger partial charge in [0.2, 0.25) is 0 Å². The second-order valence-electron chi connectivity index (χ2n) is 2.66. The summed E-state index contributed by atoms with van der Waals surface area (Å²) in [4.78, 5) is 4.02. The Bertz CT molecular complexity index is 200. The molecule has 0 saturated carbocycles. The van der Waals surface area contributed by atoms with Crippen LogP contribution in [-0.2, 0) is 6.54 Å². The molecule has 0 amide bonds. The lowest BCUT2D eigenvalue weighted by Crippen LogP contribution is -2.16. The Morgan fingerprint density at radius 1 is 1.62 bits per heavy atom. The summed E-state index contributed by atoms with van der Waals surface area (Å²) < 4.78 is 0. The van der Waals surface area contributed by atoms with Crippen molar-refractivity contribution in [3.63, 3.8) is 0 Å². The Morgan fingerprint density at radius 3 is 3.23 bits per heavy atom. The van der Waals surface area contributed by atoms with Crippen LogP contribution in [0.25, 0.3) is 0 Å². The maximum Gasteiger partial charge on any atom is 0.138 e. The molecule has 0 radical (unpaired) electrons. The van der Waals surface area contributed by atoms with E-state index >= 15 is 0 Å². The smallest absolute Gasteiger partial charge is 0.138 e. The van der Waals surface area contributed by atoms with Gasteiger partial charge in [0.15, 0.2) is 0 Å². The predicted molar refractivity (Wildman–Crippen MR) is 55.7 cm³/mol. The van der Waals surface area contributed by atoms with E-state index in [4.69, 9.17) is 0 Å². The third kappa shape index (κ3) is 4.90. The van der Waals surface area contributed by atoms with Crippen molar-refractivity contribution in [3.8, 4) is 0 Å². The fourth-order valence-corrected chi connectivity index (χ4v) is 1.60. The van der Waals surface area contributed by atoms with Crippen molar-refractivity contribution in [1.29, 1.82) is 0 Å². The van der Waals surface area contributed by atoms with Gasteiger partial charge in [-0.3, -0.25) is 5.10 Å². The standard InChI is InChI=1S/C8H16N4S/c1-2-13-5-3-4-9-6-8-10-7-11-12-8/h7,9H,2-6H2,1H3,(H,10,11,12). The van der Waals surface area contributed by atoms with E-state index < -0.39 is 0 Å². The topological polar surface area (TPSA) is 53.6 Å². The number of nitrogens with one attached hydrogen (secondary N) is 2. The molecule has 4 nitrogen and oxygen atoms in total. The van der Waals surface area contributed by atoms with Crippen LogP contribution in [0.3, 0.4) is 0 Å². The lowest BCUT2D eigenvalue weighted by Gasteiger charge is -2.01. The molecule has 0 aliphatic carbocycles. The number of nitrogens with zero attached hydrogens (tertiary/aromatic N) is 2. The third-order valence-electron chi connectivity index (χ3n) is 1.60. The Labute approximate surface area is 82.9 Å². The highest BCUT2D eigenvalue weighted by molar-refractivity contribution is 7.99. The van der Waals surface area contributed by atoms with Crippen LogP contribution in [0.5, 0.6) is 0 Å². The summed E-state index contributed by atoms with van der Waals surface area (Å²) in [6.45, 7) is 4.02. The maximum atomic E-state index is 4.02. The molecule has 74 valence electrons. The van der Waals surface area contributed by atoms with Crippen molar-refractivity contribution in [3.05, 3.63) is 12.2 Å². The zero-order chi connectivity index (χ0) is 9.36. The quantitative estimate of drug-likeness (QED) is 0.646. The summed E-state index contributed by atoms with van der Waals surface area (Å²) in [5.74, 6) is 3.35. The van der Waals surface area contributed by atoms with E-state index in [2.05, 4.69) is 27.4 Å². The van der Waals surface area contributed by atoms with Gasteiger partial charge in [-0.25, -0.2) is 4.98 Å². The number of thioether (sulfide) groups is 1. The minimum Gasteiger partial charge on any atom is -0.310 e. The van der Waals surface area contributed by atoms with Crippen molar-refractivity contribution in [2.24, 2.45) is 0 Å². The van der Waals surface area contributed by atoms with Gasteiger partial charge in [0.1, 0.15) is 12.2 Å². The van der Waals surface area contributed by atoms with Crippen LogP contribution in [0, 0.1) is 0 Å². The van der Waals surface area contributed by atoms with Crippen LogP contribution in [0.4, 0.5) is 0 Å². The highest BCUT2D eigenvalue weighted by Crippen LogP contribution is 1.99. The van der Waals surface area contributed by atoms with E-state index in [-0.39, 0.29) is 0 Å². The van der Waals surface area contributed by atoms with Gasteiger partial charge in [-0.05, 0) is 24.5 Å². The predicted octanol–water partition coefficient (Wildman–Crippen LogP) is 1.04. The van der Waals surface area contributed by atoms with Crippen LogP contribution in [0.1, 0.15) is 19.2 Å². The van der Waals surface area contributed by atoms with Crippen molar-refractivity contribution < 1.29 is 0 Å². The van der Waals surface area contributed by atoms with E-state index in [9.17, 15) is 0 Å². The first-order valence-electron chi connectivity index (χ1n) is 4.56. The SMILES string of the molecule is CCSCCCNCc1ncn[nH]1. The number of H-pyrrole nitrogens is 1. The highest BCUT2D eigenvalue weighted by atomic mass is 32.2. The molecule has 1 rings (SSSR count). The average Bonchev–Trinajstić information content (AvgIpc) is 2.63. The molecule has 1 aromatic heterocycles. The van der Waals surface area contributed by atoms with Crippen LogP contribution in [0.2, 0.25) is 0 Å². The Kier molecular flexibility index (Phi) is 5.60. The molecule has 5 heteroatoms. The average molecular weight is 200 g/mol. The number of aromatic amines is 1. The largest absolute Gasteiger partial charge is 0.310 e. The van der Waals surface area contributed by atoms with E-state index in [1.165, 1.54) is 24.3 Å². The zero-order valence-corrected chi connectivity index (χ0v) is 8.73. The van der Waals surface area contributed by atoms with Crippen molar-refractivity contribution in [2.45, 2.75) is 19.9 Å². The minimum absolute atomic E-state index is 0.788. The van der Waals surface area contributed by atoms with Crippen LogP contribution in [0.15, 0.2) is 6.33 Å². The molecule has 0 aliphatic rings. The monoisotopic (exact) mass is 200 g/mol. The summed E-state index contributed by atoms with van der Waals surface area (Å²) in [5.41, 5.74) is 0. The minimum atomic E-state index is 0.788.